The summed E-state index contributed by atoms with van der Waals surface area (Å²) in [6.07, 6.45) is 7.30. The molecule has 0 aliphatic carbocycles. The molecule has 518 valence electrons. The second-order valence-corrected chi connectivity index (χ2v) is 25.4. The Bertz CT molecular complexity index is 2650. The lowest BCUT2D eigenvalue weighted by molar-refractivity contribution is -0.142. The second-order valence-electron chi connectivity index (χ2n) is 25.4. The van der Waals surface area contributed by atoms with Gasteiger partial charge in [-0.1, -0.05) is 95.2 Å². The van der Waals surface area contributed by atoms with Gasteiger partial charge in [-0.3, -0.25) is 58.1 Å². The number of likely N-dealkylation sites (tertiary alicyclic amines) is 3. The standard InChI is InChI=1S/C16H24N2O2.C12H24N2O2.C10H18N2O3.C9H14N4O3.C9H13N3O.C9H18N2O/c1-12(2)16(19)17-13-4-6-14(7-5-13)20-15-8-10-18(3)11-9-15;1-10(2)11(15)13-9-12(3,4)14-5-7-16-8-6-14;1-7(2)10(14)11-8-4-12(5-8)9(13)6-15-3;1-5(2)7(14)11-4-6-12-9(16-13-6)8(15)10-3;1-7(2)9(13)12-6-8-5-10-3-4-11-8;1-4-11-5-8(6-11)10-9(12)7(2)3/h4-7,12,15H,8-11H2,1-3H3,(H,17,19);10H,5-9H2,1-4H3,(H,13,15);7-8H,4-6H2,1-3H3,(H,11,14);5H,4H2,1-3H3,(H,10,15)(H,11,14);3-5,7H,6H2,1-2H3,(H,12,13);7-8H,4-6H2,1-3H3,(H,10,12). The number of aromatic nitrogens is 4. The first-order chi connectivity index (χ1) is 43.4. The monoisotopic (exact) mass is 1290 g/mol. The molecule has 2 aromatic heterocycles. The third-order valence-corrected chi connectivity index (χ3v) is 14.8. The number of morpholine rings is 1. The molecule has 6 heterocycles. The number of nitrogens with zero attached hydrogens (tertiary/aromatic N) is 8. The lowest BCUT2D eigenvalue weighted by Gasteiger charge is -2.41. The third-order valence-electron chi connectivity index (χ3n) is 14.8. The molecule has 8 amide bonds. The number of carbonyl (C=O) groups is 8. The van der Waals surface area contributed by atoms with Crippen LogP contribution in [-0.2, 0) is 56.1 Å². The first kappa shape index (κ1) is 80.9. The Morgan fingerprint density at radius 3 is 1.65 bits per heavy atom. The molecular weight excluding hydrogens is 1180 g/mol. The molecule has 0 radical (unpaired) electrons. The topological polar surface area (TPSA) is 326 Å². The van der Waals surface area contributed by atoms with Gasteiger partial charge in [0.2, 0.25) is 41.4 Å². The summed E-state index contributed by atoms with van der Waals surface area (Å²) in [4.78, 5) is 111. The minimum atomic E-state index is -0.450. The van der Waals surface area contributed by atoms with Crippen molar-refractivity contribution < 1.29 is 57.1 Å². The van der Waals surface area contributed by atoms with Crippen LogP contribution in [0.25, 0.3) is 0 Å². The third kappa shape index (κ3) is 32.4. The van der Waals surface area contributed by atoms with Crippen LogP contribution < -0.4 is 42.0 Å². The fourth-order valence-corrected chi connectivity index (χ4v) is 8.33. The molecule has 1 aromatic carbocycles. The second kappa shape index (κ2) is 42.8. The number of benzene rings is 1. The number of amides is 8. The molecule has 7 N–H and O–H groups in total. The molecule has 92 heavy (non-hydrogen) atoms. The molecule has 3 aromatic rings. The number of methoxy groups -OCH3 is 1. The number of carbonyl (C=O) groups excluding carboxylic acids is 8. The van der Waals surface area contributed by atoms with Gasteiger partial charge in [-0.2, -0.15) is 4.98 Å². The van der Waals surface area contributed by atoms with Crippen LogP contribution >= 0.6 is 0 Å². The van der Waals surface area contributed by atoms with Crippen molar-refractivity contribution in [2.24, 2.45) is 35.5 Å². The number of nitrogens with one attached hydrogen (secondary N) is 7. The van der Waals surface area contributed by atoms with Crippen molar-refractivity contribution in [2.75, 3.05) is 112 Å². The normalized spacial score (nSPS) is 15.4. The minimum absolute atomic E-state index is 0.00581. The van der Waals surface area contributed by atoms with E-state index in [0.29, 0.717) is 38.3 Å². The SMILES string of the molecule is CC(C)C(=O)NCC(C)(C)N1CCOCC1.CC(C)C(=O)NCc1cnccn1.CC(C)C(=O)Nc1ccc(OC2CCN(C)CC2)cc1.CCN1CC(NC(=O)C(C)C)C1.CNC(=O)c1nc(CNC(=O)C(C)C)no1.COCC(=O)N1CC(NC(=O)C(C)C)C1. The molecule has 27 heteroatoms. The van der Waals surface area contributed by atoms with Gasteiger partial charge in [0.05, 0.1) is 50.3 Å². The van der Waals surface area contributed by atoms with Crippen LogP contribution in [-0.4, -0.2) is 217 Å². The maximum Gasteiger partial charge on any atom is 0.315 e. The van der Waals surface area contributed by atoms with Gasteiger partial charge >= 0.3 is 11.8 Å². The van der Waals surface area contributed by atoms with E-state index < -0.39 is 5.91 Å². The Hall–Kier alpha value is -7.20. The minimum Gasteiger partial charge on any atom is -0.490 e. The Kier molecular flexibility index (Phi) is 37.7. The van der Waals surface area contributed by atoms with Crippen LogP contribution in [0.15, 0.2) is 47.4 Å². The van der Waals surface area contributed by atoms with Crippen molar-refractivity contribution in [3.63, 3.8) is 0 Å². The summed E-state index contributed by atoms with van der Waals surface area (Å²) in [6, 6.07) is 8.15. The van der Waals surface area contributed by atoms with Crippen molar-refractivity contribution in [3.8, 4) is 5.75 Å². The first-order valence-electron chi connectivity index (χ1n) is 32.2. The summed E-state index contributed by atoms with van der Waals surface area (Å²) < 4.78 is 20.7. The van der Waals surface area contributed by atoms with Gasteiger partial charge in [0.15, 0.2) is 5.82 Å². The Morgan fingerprint density at radius 1 is 0.663 bits per heavy atom. The molecule has 4 aliphatic heterocycles. The molecule has 27 nitrogen and oxygen atoms in total. The van der Waals surface area contributed by atoms with E-state index in [9.17, 15) is 38.4 Å². The molecule has 0 saturated carbocycles. The van der Waals surface area contributed by atoms with Crippen molar-refractivity contribution in [1.82, 2.24) is 71.6 Å². The van der Waals surface area contributed by atoms with Crippen molar-refractivity contribution in [3.05, 3.63) is 60.3 Å². The van der Waals surface area contributed by atoms with Crippen molar-refractivity contribution >= 4 is 52.9 Å². The molecule has 7 rings (SSSR count). The van der Waals surface area contributed by atoms with E-state index >= 15 is 0 Å². The smallest absolute Gasteiger partial charge is 0.315 e. The van der Waals surface area contributed by atoms with Gasteiger partial charge in [-0.05, 0) is 64.5 Å². The van der Waals surface area contributed by atoms with Gasteiger partial charge in [0, 0.05) is 132 Å². The fourth-order valence-electron chi connectivity index (χ4n) is 8.33. The van der Waals surface area contributed by atoms with Gasteiger partial charge in [0.25, 0.3) is 0 Å². The predicted octanol–water partition coefficient (Wildman–Crippen LogP) is 4.15. The van der Waals surface area contributed by atoms with Crippen LogP contribution in [0.3, 0.4) is 0 Å². The lowest BCUT2D eigenvalue weighted by atomic mass is 10.0. The van der Waals surface area contributed by atoms with Crippen molar-refractivity contribution in [1.29, 1.82) is 0 Å². The van der Waals surface area contributed by atoms with E-state index in [-0.39, 0.29) is 113 Å². The first-order valence-corrected chi connectivity index (χ1v) is 32.2. The molecular formula is C65H111N15O12. The van der Waals surface area contributed by atoms with Gasteiger partial charge in [-0.15, -0.1) is 0 Å². The van der Waals surface area contributed by atoms with E-state index in [1.165, 1.54) is 14.2 Å². The maximum absolute atomic E-state index is 11.6. The van der Waals surface area contributed by atoms with E-state index in [1.54, 1.807) is 37.3 Å². The van der Waals surface area contributed by atoms with Gasteiger partial charge in [0.1, 0.15) is 18.5 Å². The van der Waals surface area contributed by atoms with E-state index in [2.05, 4.69) is 104 Å². The number of rotatable bonds is 22. The summed E-state index contributed by atoms with van der Waals surface area (Å²) in [5, 5.41) is 23.0. The maximum atomic E-state index is 11.6. The lowest BCUT2D eigenvalue weighted by Crippen LogP contribution is -2.62. The predicted molar refractivity (Wildman–Crippen MR) is 353 cm³/mol. The van der Waals surface area contributed by atoms with E-state index in [0.717, 1.165) is 89.0 Å². The summed E-state index contributed by atoms with van der Waals surface area (Å²) in [7, 11) is 5.10. The number of ether oxygens (including phenoxy) is 3. The molecule has 4 fully saturated rings. The van der Waals surface area contributed by atoms with Gasteiger partial charge < -0.3 is 65.8 Å². The van der Waals surface area contributed by atoms with E-state index in [4.69, 9.17) is 14.2 Å². The highest BCUT2D eigenvalue weighted by Crippen LogP contribution is 2.22. The quantitative estimate of drug-likeness (QED) is 0.0743. The van der Waals surface area contributed by atoms with Crippen molar-refractivity contribution in [2.45, 2.75) is 154 Å². The summed E-state index contributed by atoms with van der Waals surface area (Å²) >= 11 is 0. The van der Waals surface area contributed by atoms with Crippen LogP contribution in [0.4, 0.5) is 5.69 Å². The largest absolute Gasteiger partial charge is 0.490 e. The van der Waals surface area contributed by atoms with Gasteiger partial charge in [-0.25, -0.2) is 0 Å². The summed E-state index contributed by atoms with van der Waals surface area (Å²) in [5.74, 6) is 0.927. The number of anilines is 1. The summed E-state index contributed by atoms with van der Waals surface area (Å²) in [6.45, 7) is 40.3. The molecule has 0 spiro atoms. The molecule has 4 aliphatic rings. The number of hydrogen-bond donors (Lipinski definition) is 7. The molecule has 0 bridgehead atoms. The van der Waals surface area contributed by atoms with Crippen LogP contribution in [0.2, 0.25) is 0 Å². The molecule has 0 unspecified atom stereocenters. The zero-order valence-electron chi connectivity index (χ0n) is 58.2. The number of likely N-dealkylation sites (N-methyl/N-ethyl adjacent to an activating group) is 1. The Balaban J connectivity index is 0.000000379. The van der Waals surface area contributed by atoms with Crippen LogP contribution in [0.1, 0.15) is 139 Å². The van der Waals surface area contributed by atoms with Crippen LogP contribution in [0.5, 0.6) is 5.75 Å². The Morgan fingerprint density at radius 2 is 1.17 bits per heavy atom. The highest BCUT2D eigenvalue weighted by molar-refractivity contribution is 5.92. The zero-order valence-corrected chi connectivity index (χ0v) is 58.2. The molecule has 0 atom stereocenters. The summed E-state index contributed by atoms with van der Waals surface area (Å²) in [5.41, 5.74) is 1.60. The average Bonchev–Trinajstić information content (AvgIpc) is 1.19. The highest BCUT2D eigenvalue weighted by Gasteiger charge is 2.32. The highest BCUT2D eigenvalue weighted by atomic mass is 16.5. The average molecular weight is 1290 g/mol. The molecule has 4 saturated heterocycles. The number of piperidine rings is 1. The Labute approximate surface area is 546 Å². The fraction of sp³-hybridized carbons (Fsp3) is 0.692. The van der Waals surface area contributed by atoms with Crippen LogP contribution in [0, 0.1) is 35.5 Å². The number of hydrogen-bond acceptors (Lipinski definition) is 19. The zero-order chi connectivity index (χ0) is 69.1. The van der Waals surface area contributed by atoms with E-state index in [1.807, 2.05) is 93.5 Å².